The van der Waals surface area contributed by atoms with Gasteiger partial charge in [0.15, 0.2) is 6.61 Å². The fourth-order valence-electron chi connectivity index (χ4n) is 2.20. The lowest BCUT2D eigenvalue weighted by molar-refractivity contribution is -0.125. The number of amides is 1. The zero-order valence-corrected chi connectivity index (χ0v) is 14.3. The van der Waals surface area contributed by atoms with Gasteiger partial charge < -0.3 is 20.6 Å². The minimum atomic E-state index is -0.232. The summed E-state index contributed by atoms with van der Waals surface area (Å²) in [7, 11) is 1.63. The Kier molecular flexibility index (Phi) is 7.31. The van der Waals surface area contributed by atoms with Gasteiger partial charge in [-0.15, -0.1) is 0 Å². The Hall–Kier alpha value is -3.02. The third-order valence-corrected chi connectivity index (χ3v) is 3.50. The molecular weight excluding hydrogens is 318 g/mol. The van der Waals surface area contributed by atoms with Crippen molar-refractivity contribution in [2.45, 2.75) is 12.8 Å². The van der Waals surface area contributed by atoms with E-state index in [0.717, 1.165) is 23.3 Å². The summed E-state index contributed by atoms with van der Waals surface area (Å²) in [5.41, 5.74) is 7.93. The lowest BCUT2D eigenvalue weighted by atomic mass is 10.1. The van der Waals surface area contributed by atoms with E-state index in [4.69, 9.17) is 15.3 Å². The Bertz CT molecular complexity index is 685. The number of oxime groups is 1. The smallest absolute Gasteiger partial charge is 0.260 e. The Labute approximate surface area is 147 Å². The van der Waals surface area contributed by atoms with Crippen LogP contribution < -0.4 is 15.8 Å². The summed E-state index contributed by atoms with van der Waals surface area (Å²) in [4.78, 5) is 16.7. The van der Waals surface area contributed by atoms with Crippen molar-refractivity contribution in [2.75, 3.05) is 20.3 Å². The quantitative estimate of drug-likeness (QED) is 0.414. The molecule has 0 aliphatic heterocycles. The van der Waals surface area contributed by atoms with Gasteiger partial charge in [-0.2, -0.15) is 0 Å². The molecule has 0 aromatic heterocycles. The molecule has 132 valence electrons. The number of carbonyl (C=O) groups is 1. The molecule has 0 atom stereocenters. The molecule has 0 radical (unpaired) electrons. The molecule has 0 bridgehead atoms. The van der Waals surface area contributed by atoms with Crippen LogP contribution in [-0.4, -0.2) is 32.0 Å². The lowest BCUT2D eigenvalue weighted by Gasteiger charge is -2.06. The summed E-state index contributed by atoms with van der Waals surface area (Å²) in [5, 5.41) is 6.54. The van der Waals surface area contributed by atoms with Gasteiger partial charge in [0, 0.05) is 13.0 Å². The molecule has 6 nitrogen and oxygen atoms in total. The number of rotatable bonds is 9. The van der Waals surface area contributed by atoms with Gasteiger partial charge in [-0.1, -0.05) is 47.6 Å². The molecule has 3 N–H and O–H groups in total. The zero-order valence-electron chi connectivity index (χ0n) is 14.3. The molecule has 25 heavy (non-hydrogen) atoms. The van der Waals surface area contributed by atoms with Crippen molar-refractivity contribution in [3.63, 3.8) is 0 Å². The highest BCUT2D eigenvalue weighted by Gasteiger charge is 2.02. The van der Waals surface area contributed by atoms with Gasteiger partial charge in [-0.05, 0) is 29.7 Å². The van der Waals surface area contributed by atoms with Crippen molar-refractivity contribution in [1.29, 1.82) is 0 Å². The van der Waals surface area contributed by atoms with Gasteiger partial charge in [0.05, 0.1) is 7.11 Å². The SMILES string of the molecule is COc1ccc(CCNC(=O)CO/N=C(/N)Cc2ccccc2)cc1. The first kappa shape index (κ1) is 18.3. The Morgan fingerprint density at radius 2 is 1.80 bits per heavy atom. The molecule has 2 aromatic rings. The van der Waals surface area contributed by atoms with Gasteiger partial charge in [-0.25, -0.2) is 0 Å². The van der Waals surface area contributed by atoms with Crippen molar-refractivity contribution in [2.24, 2.45) is 10.9 Å². The molecule has 0 heterocycles. The van der Waals surface area contributed by atoms with Crippen LogP contribution in [0.3, 0.4) is 0 Å². The van der Waals surface area contributed by atoms with Crippen molar-refractivity contribution < 1.29 is 14.4 Å². The van der Waals surface area contributed by atoms with E-state index >= 15 is 0 Å². The van der Waals surface area contributed by atoms with E-state index in [-0.39, 0.29) is 12.5 Å². The van der Waals surface area contributed by atoms with Crippen LogP contribution in [0.2, 0.25) is 0 Å². The average molecular weight is 341 g/mol. The second-order valence-corrected chi connectivity index (χ2v) is 5.47. The van der Waals surface area contributed by atoms with Gasteiger partial charge in [0.1, 0.15) is 11.6 Å². The van der Waals surface area contributed by atoms with Crippen LogP contribution in [-0.2, 0) is 22.5 Å². The molecule has 2 rings (SSSR count). The molecule has 0 aliphatic rings. The van der Waals surface area contributed by atoms with Crippen LogP contribution in [0.4, 0.5) is 0 Å². The highest BCUT2D eigenvalue weighted by Crippen LogP contribution is 2.11. The van der Waals surface area contributed by atoms with E-state index in [1.165, 1.54) is 0 Å². The van der Waals surface area contributed by atoms with E-state index in [1.54, 1.807) is 7.11 Å². The summed E-state index contributed by atoms with van der Waals surface area (Å²) in [6.45, 7) is 0.371. The molecule has 0 saturated carbocycles. The van der Waals surface area contributed by atoms with Crippen LogP contribution in [0.15, 0.2) is 59.8 Å². The molecule has 1 amide bonds. The number of hydrogen-bond donors (Lipinski definition) is 2. The Morgan fingerprint density at radius 1 is 1.08 bits per heavy atom. The molecule has 0 saturated heterocycles. The molecule has 2 aromatic carbocycles. The summed E-state index contributed by atoms with van der Waals surface area (Å²) in [5.74, 6) is 0.911. The topological polar surface area (TPSA) is 85.9 Å². The number of nitrogens with one attached hydrogen (secondary N) is 1. The first-order valence-electron chi connectivity index (χ1n) is 8.05. The van der Waals surface area contributed by atoms with Crippen LogP contribution >= 0.6 is 0 Å². The number of carbonyl (C=O) groups excluding carboxylic acids is 1. The molecule has 0 fully saturated rings. The van der Waals surface area contributed by atoms with Gasteiger partial charge in [0.25, 0.3) is 5.91 Å². The van der Waals surface area contributed by atoms with Crippen molar-refractivity contribution in [3.05, 3.63) is 65.7 Å². The minimum absolute atomic E-state index is 0.155. The number of methoxy groups -OCH3 is 1. The number of benzene rings is 2. The minimum Gasteiger partial charge on any atom is -0.497 e. The highest BCUT2D eigenvalue weighted by atomic mass is 16.6. The summed E-state index contributed by atoms with van der Waals surface area (Å²) >= 11 is 0. The molecular formula is C19H23N3O3. The molecule has 0 unspecified atom stereocenters. The maximum absolute atomic E-state index is 11.7. The Balaban J connectivity index is 1.63. The number of hydrogen-bond acceptors (Lipinski definition) is 4. The third kappa shape index (κ3) is 6.95. The maximum atomic E-state index is 11.7. The van der Waals surface area contributed by atoms with Crippen LogP contribution in [0, 0.1) is 0 Å². The second-order valence-electron chi connectivity index (χ2n) is 5.47. The standard InChI is InChI=1S/C19H23N3O3/c1-24-17-9-7-15(8-10-17)11-12-21-19(23)14-25-22-18(20)13-16-5-3-2-4-6-16/h2-10H,11-14H2,1H3,(H2,20,22)(H,21,23). The van der Waals surface area contributed by atoms with Crippen LogP contribution in [0.1, 0.15) is 11.1 Å². The van der Waals surface area contributed by atoms with E-state index in [9.17, 15) is 4.79 Å². The Morgan fingerprint density at radius 3 is 2.48 bits per heavy atom. The van der Waals surface area contributed by atoms with Crippen LogP contribution in [0.25, 0.3) is 0 Å². The van der Waals surface area contributed by atoms with Gasteiger partial charge >= 0.3 is 0 Å². The van der Waals surface area contributed by atoms with Crippen molar-refractivity contribution in [1.82, 2.24) is 5.32 Å². The average Bonchev–Trinajstić information content (AvgIpc) is 2.63. The zero-order chi connectivity index (χ0) is 17.9. The summed E-state index contributed by atoms with van der Waals surface area (Å²) < 4.78 is 5.10. The number of nitrogens with zero attached hydrogens (tertiary/aromatic N) is 1. The predicted molar refractivity (Wildman–Crippen MR) is 97.4 cm³/mol. The fourth-order valence-corrected chi connectivity index (χ4v) is 2.20. The second kappa shape index (κ2) is 9.97. The first-order valence-corrected chi connectivity index (χ1v) is 8.05. The number of nitrogens with two attached hydrogens (primary N) is 1. The van der Waals surface area contributed by atoms with Gasteiger partial charge in [-0.3, -0.25) is 4.79 Å². The largest absolute Gasteiger partial charge is 0.497 e. The highest BCUT2D eigenvalue weighted by molar-refractivity contribution is 5.82. The summed E-state index contributed by atoms with van der Waals surface area (Å²) in [6.07, 6.45) is 1.22. The van der Waals surface area contributed by atoms with Crippen LogP contribution in [0.5, 0.6) is 5.75 Å². The van der Waals surface area contributed by atoms with Crippen molar-refractivity contribution >= 4 is 11.7 Å². The van der Waals surface area contributed by atoms with Gasteiger partial charge in [0.2, 0.25) is 0 Å². The van der Waals surface area contributed by atoms with E-state index < -0.39 is 0 Å². The third-order valence-electron chi connectivity index (χ3n) is 3.50. The molecule has 0 spiro atoms. The first-order chi connectivity index (χ1) is 12.2. The van der Waals surface area contributed by atoms with Crippen molar-refractivity contribution in [3.8, 4) is 5.75 Å². The maximum Gasteiger partial charge on any atom is 0.260 e. The summed E-state index contributed by atoms with van der Waals surface area (Å²) in [6, 6.07) is 17.4. The molecule has 6 heteroatoms. The number of ether oxygens (including phenoxy) is 1. The normalized spacial score (nSPS) is 11.0. The number of amidine groups is 1. The van der Waals surface area contributed by atoms with E-state index in [2.05, 4.69) is 10.5 Å². The predicted octanol–water partition coefficient (Wildman–Crippen LogP) is 1.89. The fraction of sp³-hybridized carbons (Fsp3) is 0.263. The lowest BCUT2D eigenvalue weighted by Crippen LogP contribution is -2.29. The monoisotopic (exact) mass is 341 g/mol. The molecule has 0 aliphatic carbocycles. The van der Waals surface area contributed by atoms with E-state index in [1.807, 2.05) is 54.6 Å². The van der Waals surface area contributed by atoms with E-state index in [0.29, 0.717) is 18.8 Å².